The van der Waals surface area contributed by atoms with Crippen molar-refractivity contribution >= 4 is 17.5 Å². The van der Waals surface area contributed by atoms with E-state index in [0.717, 1.165) is 38.1 Å². The lowest BCUT2D eigenvalue weighted by Gasteiger charge is -2.23. The molecule has 0 spiro atoms. The van der Waals surface area contributed by atoms with Crippen LogP contribution in [0, 0.1) is 11.6 Å². The van der Waals surface area contributed by atoms with E-state index in [1.165, 1.54) is 18.2 Å². The zero-order valence-electron chi connectivity index (χ0n) is 16.0. The largest absolute Gasteiger partial charge is 0.507 e. The minimum absolute atomic E-state index is 0.0841. The van der Waals surface area contributed by atoms with Gasteiger partial charge in [0.1, 0.15) is 17.4 Å². The number of phenolic OH excluding ortho intramolecular Hbond substituents is 1. The highest BCUT2D eigenvalue weighted by Crippen LogP contribution is 2.23. The summed E-state index contributed by atoms with van der Waals surface area (Å²) in [4.78, 5) is 26.8. The summed E-state index contributed by atoms with van der Waals surface area (Å²) >= 11 is 0. The number of amides is 2. The molecule has 1 aliphatic heterocycles. The summed E-state index contributed by atoms with van der Waals surface area (Å²) in [5, 5.41) is 15.5. The number of rotatable bonds is 6. The molecule has 1 atom stereocenters. The Bertz CT molecular complexity index is 900. The number of hydrogen-bond acceptors (Lipinski definition) is 4. The third-order valence-corrected chi connectivity index (χ3v) is 5.03. The van der Waals surface area contributed by atoms with E-state index in [4.69, 9.17) is 0 Å². The van der Waals surface area contributed by atoms with Crippen LogP contribution in [0.5, 0.6) is 5.75 Å². The fourth-order valence-electron chi connectivity index (χ4n) is 3.54. The van der Waals surface area contributed by atoms with Crippen molar-refractivity contribution in [3.8, 4) is 5.75 Å². The van der Waals surface area contributed by atoms with Crippen LogP contribution >= 0.6 is 0 Å². The average Bonchev–Trinajstić information content (AvgIpc) is 3.13. The first-order chi connectivity index (χ1) is 13.9. The van der Waals surface area contributed by atoms with Gasteiger partial charge in [-0.2, -0.15) is 0 Å². The maximum Gasteiger partial charge on any atom is 0.255 e. The van der Waals surface area contributed by atoms with E-state index in [9.17, 15) is 23.5 Å². The minimum atomic E-state index is -0.867. The van der Waals surface area contributed by atoms with E-state index in [1.54, 1.807) is 0 Å². The minimum Gasteiger partial charge on any atom is -0.507 e. The van der Waals surface area contributed by atoms with Crippen molar-refractivity contribution < 1.29 is 23.5 Å². The topological polar surface area (TPSA) is 81.7 Å². The van der Waals surface area contributed by atoms with Gasteiger partial charge in [0.2, 0.25) is 0 Å². The van der Waals surface area contributed by atoms with E-state index in [2.05, 4.69) is 22.5 Å². The molecule has 1 saturated heterocycles. The van der Waals surface area contributed by atoms with Gasteiger partial charge in [0.05, 0.1) is 5.56 Å². The van der Waals surface area contributed by atoms with E-state index in [-0.39, 0.29) is 28.6 Å². The number of halogens is 2. The second kappa shape index (κ2) is 9.00. The molecule has 29 heavy (non-hydrogen) atoms. The van der Waals surface area contributed by atoms with Gasteiger partial charge in [-0.3, -0.25) is 14.5 Å². The summed E-state index contributed by atoms with van der Waals surface area (Å²) in [5.74, 6) is -3.18. The van der Waals surface area contributed by atoms with Gasteiger partial charge < -0.3 is 15.7 Å². The number of carbonyl (C=O) groups excluding carboxylic acids is 2. The van der Waals surface area contributed by atoms with E-state index in [0.29, 0.717) is 12.6 Å². The lowest BCUT2D eigenvalue weighted by Crippen LogP contribution is -2.40. The Morgan fingerprint density at radius 2 is 1.86 bits per heavy atom. The first-order valence-electron chi connectivity index (χ1n) is 9.50. The molecule has 2 aromatic carbocycles. The van der Waals surface area contributed by atoms with Crippen molar-refractivity contribution in [1.82, 2.24) is 10.2 Å². The summed E-state index contributed by atoms with van der Waals surface area (Å²) in [6.07, 6.45) is 2.12. The number of carbonyl (C=O) groups is 2. The molecule has 154 valence electrons. The molecule has 0 aromatic heterocycles. The van der Waals surface area contributed by atoms with Crippen LogP contribution in [0.3, 0.4) is 0 Å². The molecule has 3 N–H and O–H groups in total. The molecule has 2 amide bonds. The number of benzene rings is 2. The molecule has 1 aliphatic rings. The molecule has 3 rings (SSSR count). The average molecular weight is 403 g/mol. The van der Waals surface area contributed by atoms with Crippen LogP contribution in [0.4, 0.5) is 14.5 Å². The van der Waals surface area contributed by atoms with Crippen LogP contribution in [-0.2, 0) is 0 Å². The van der Waals surface area contributed by atoms with Crippen LogP contribution in [0.2, 0.25) is 0 Å². The summed E-state index contributed by atoms with van der Waals surface area (Å²) < 4.78 is 26.5. The van der Waals surface area contributed by atoms with Crippen molar-refractivity contribution in [3.63, 3.8) is 0 Å². The van der Waals surface area contributed by atoms with Crippen molar-refractivity contribution in [1.29, 1.82) is 0 Å². The van der Waals surface area contributed by atoms with Crippen molar-refractivity contribution in [2.24, 2.45) is 0 Å². The summed E-state index contributed by atoms with van der Waals surface area (Å²) in [6.45, 7) is 4.52. The molecular weight excluding hydrogens is 380 g/mol. The van der Waals surface area contributed by atoms with E-state index < -0.39 is 23.4 Å². The Hall–Kier alpha value is -3.00. The lowest BCUT2D eigenvalue weighted by molar-refractivity contribution is 0.0938. The predicted octanol–water partition coefficient (Wildman–Crippen LogP) is 3.14. The molecule has 0 radical (unpaired) electrons. The Morgan fingerprint density at radius 3 is 2.52 bits per heavy atom. The van der Waals surface area contributed by atoms with Gasteiger partial charge in [0.25, 0.3) is 11.8 Å². The second-order valence-corrected chi connectivity index (χ2v) is 6.98. The van der Waals surface area contributed by atoms with Gasteiger partial charge in [-0.15, -0.1) is 0 Å². The number of hydrogen-bond donors (Lipinski definition) is 3. The molecule has 1 heterocycles. The first-order valence-corrected chi connectivity index (χ1v) is 9.50. The Morgan fingerprint density at radius 1 is 1.14 bits per heavy atom. The molecule has 6 nitrogen and oxygen atoms in total. The molecule has 2 aromatic rings. The third-order valence-electron chi connectivity index (χ3n) is 5.03. The van der Waals surface area contributed by atoms with E-state index >= 15 is 0 Å². The van der Waals surface area contributed by atoms with Crippen LogP contribution in [0.25, 0.3) is 0 Å². The normalized spacial score (nSPS) is 16.6. The summed E-state index contributed by atoms with van der Waals surface area (Å²) in [7, 11) is 0. The van der Waals surface area contributed by atoms with Gasteiger partial charge in [-0.1, -0.05) is 6.92 Å². The smallest absolute Gasteiger partial charge is 0.255 e. The zero-order chi connectivity index (χ0) is 21.0. The van der Waals surface area contributed by atoms with Crippen molar-refractivity contribution in [3.05, 3.63) is 59.2 Å². The summed E-state index contributed by atoms with van der Waals surface area (Å²) in [6, 6.07) is 6.81. The quantitative estimate of drug-likeness (QED) is 0.692. The number of anilines is 1. The van der Waals surface area contributed by atoms with Gasteiger partial charge in [-0.05, 0) is 50.2 Å². The Balaban J connectivity index is 1.63. The Labute approximate surface area is 167 Å². The third kappa shape index (κ3) is 5.08. The van der Waals surface area contributed by atoms with Crippen molar-refractivity contribution in [2.45, 2.75) is 25.8 Å². The van der Waals surface area contributed by atoms with Crippen LogP contribution in [0.1, 0.15) is 40.5 Å². The maximum atomic E-state index is 13.3. The number of nitrogens with zero attached hydrogens (tertiary/aromatic N) is 1. The summed E-state index contributed by atoms with van der Waals surface area (Å²) in [5.41, 5.74) is 0.0865. The van der Waals surface area contributed by atoms with Crippen LogP contribution < -0.4 is 10.6 Å². The number of aromatic hydroxyl groups is 1. The number of phenols is 1. The highest BCUT2D eigenvalue weighted by molar-refractivity contribution is 6.05. The predicted molar refractivity (Wildman–Crippen MR) is 105 cm³/mol. The number of likely N-dealkylation sites (tertiary alicyclic amines) is 1. The zero-order valence-corrected chi connectivity index (χ0v) is 16.0. The fraction of sp³-hybridized carbons (Fsp3) is 0.333. The molecule has 0 saturated carbocycles. The fourth-order valence-corrected chi connectivity index (χ4v) is 3.54. The number of likely N-dealkylation sites (N-methyl/N-ethyl adjacent to an activating group) is 1. The highest BCUT2D eigenvalue weighted by atomic mass is 19.1. The number of nitrogens with one attached hydrogen (secondary N) is 2. The van der Waals surface area contributed by atoms with Crippen LogP contribution in [0.15, 0.2) is 36.4 Å². The highest BCUT2D eigenvalue weighted by Gasteiger charge is 2.24. The molecule has 0 bridgehead atoms. The van der Waals surface area contributed by atoms with Crippen LogP contribution in [-0.4, -0.2) is 47.5 Å². The molecule has 0 aliphatic carbocycles. The molecule has 8 heteroatoms. The van der Waals surface area contributed by atoms with Crippen molar-refractivity contribution in [2.75, 3.05) is 25.0 Å². The lowest BCUT2D eigenvalue weighted by atomic mass is 10.1. The monoisotopic (exact) mass is 403 g/mol. The Kier molecular flexibility index (Phi) is 6.43. The standard InChI is InChI=1S/C21H23F2N3O3/c1-2-26-7-3-4-17(26)12-24-21(29)18-6-5-16(11-19(18)27)25-20(28)13-8-14(22)10-15(23)9-13/h5-6,8-11,17,27H,2-4,7,12H2,1H3,(H,24,29)(H,25,28). The van der Waals surface area contributed by atoms with Gasteiger partial charge in [-0.25, -0.2) is 8.78 Å². The molecule has 1 fully saturated rings. The SMILES string of the molecule is CCN1CCCC1CNC(=O)c1ccc(NC(=O)c2cc(F)cc(F)c2)cc1O. The molecule has 1 unspecified atom stereocenters. The van der Waals surface area contributed by atoms with Gasteiger partial charge >= 0.3 is 0 Å². The molecular formula is C21H23F2N3O3. The van der Waals surface area contributed by atoms with Gasteiger partial charge in [0, 0.05) is 36.0 Å². The van der Waals surface area contributed by atoms with E-state index in [1.807, 2.05) is 0 Å². The first kappa shape index (κ1) is 20.7. The second-order valence-electron chi connectivity index (χ2n) is 6.98. The maximum absolute atomic E-state index is 13.3. The van der Waals surface area contributed by atoms with Gasteiger partial charge in [0.15, 0.2) is 0 Å².